The van der Waals surface area contributed by atoms with Gasteiger partial charge in [0.15, 0.2) is 5.13 Å². The molecular weight excluding hydrogens is 384 g/mol. The second kappa shape index (κ2) is 7.84. The summed E-state index contributed by atoms with van der Waals surface area (Å²) < 4.78 is 11.9. The lowest BCUT2D eigenvalue weighted by Gasteiger charge is -2.23. The lowest BCUT2D eigenvalue weighted by Crippen LogP contribution is -2.37. The molecule has 0 bridgehead atoms. The minimum atomic E-state index is -0.0988. The molecule has 1 aliphatic rings. The molecule has 5 nitrogen and oxygen atoms in total. The Kier molecular flexibility index (Phi) is 5.29. The Morgan fingerprint density at radius 2 is 2.15 bits per heavy atom. The van der Waals surface area contributed by atoms with Crippen LogP contribution in [0.15, 0.2) is 42.5 Å². The molecule has 140 valence electrons. The number of carbonyl (C=O) groups excluding carboxylic acids is 1. The van der Waals surface area contributed by atoms with E-state index in [0.717, 1.165) is 29.7 Å². The van der Waals surface area contributed by atoms with E-state index in [2.05, 4.69) is 4.98 Å². The van der Waals surface area contributed by atoms with Gasteiger partial charge >= 0.3 is 0 Å². The van der Waals surface area contributed by atoms with E-state index < -0.39 is 0 Å². The first-order valence-corrected chi connectivity index (χ1v) is 9.97. The second-order valence-corrected chi connectivity index (χ2v) is 7.83. The molecule has 1 fully saturated rings. The molecule has 0 aliphatic carbocycles. The molecule has 1 aromatic heterocycles. The quantitative estimate of drug-likeness (QED) is 0.616. The number of halogens is 1. The maximum Gasteiger partial charge on any atom is 0.260 e. The van der Waals surface area contributed by atoms with Gasteiger partial charge in [-0.15, -0.1) is 0 Å². The predicted octanol–water partition coefficient (Wildman–Crippen LogP) is 4.78. The number of anilines is 1. The maximum atomic E-state index is 13.2. The zero-order valence-electron chi connectivity index (χ0n) is 14.9. The Labute approximate surface area is 166 Å². The zero-order valence-corrected chi connectivity index (χ0v) is 16.4. The van der Waals surface area contributed by atoms with Gasteiger partial charge in [0.1, 0.15) is 5.75 Å². The number of amides is 1. The van der Waals surface area contributed by atoms with E-state index in [9.17, 15) is 4.79 Å². The summed E-state index contributed by atoms with van der Waals surface area (Å²) in [5, 5.41) is 1.31. The summed E-state index contributed by atoms with van der Waals surface area (Å²) in [6.07, 6.45) is 2.00. The van der Waals surface area contributed by atoms with E-state index in [0.29, 0.717) is 28.0 Å². The van der Waals surface area contributed by atoms with Crippen molar-refractivity contribution in [3.05, 3.63) is 53.1 Å². The third kappa shape index (κ3) is 3.93. The van der Waals surface area contributed by atoms with Crippen LogP contribution in [0.25, 0.3) is 10.2 Å². The van der Waals surface area contributed by atoms with Crippen LogP contribution in [0.4, 0.5) is 5.13 Å². The van der Waals surface area contributed by atoms with Gasteiger partial charge in [-0.3, -0.25) is 9.69 Å². The highest BCUT2D eigenvalue weighted by atomic mass is 35.5. The number of hydrogen-bond acceptors (Lipinski definition) is 5. The molecule has 7 heteroatoms. The van der Waals surface area contributed by atoms with Crippen molar-refractivity contribution < 1.29 is 14.3 Å². The number of benzene rings is 2. The van der Waals surface area contributed by atoms with Gasteiger partial charge in [0.2, 0.25) is 0 Å². The fourth-order valence-corrected chi connectivity index (χ4v) is 4.38. The number of aromatic nitrogens is 1. The molecule has 3 aromatic rings. The van der Waals surface area contributed by atoms with Gasteiger partial charge in [-0.1, -0.05) is 22.9 Å². The van der Waals surface area contributed by atoms with Crippen LogP contribution in [0, 0.1) is 0 Å². The van der Waals surface area contributed by atoms with E-state index in [-0.39, 0.29) is 12.0 Å². The van der Waals surface area contributed by atoms with Gasteiger partial charge in [0, 0.05) is 17.2 Å². The SMILES string of the molecule is COc1ccc(C(=O)N(CC2CCCO2)c2nc3ccc(Cl)cc3s2)cc1. The zero-order chi connectivity index (χ0) is 18.8. The standard InChI is InChI=1S/C20H19ClN2O3S/c1-25-15-7-4-13(5-8-15)19(24)23(12-16-3-2-10-26-16)20-22-17-9-6-14(21)11-18(17)27-20/h4-9,11,16H,2-3,10,12H2,1H3. The van der Waals surface area contributed by atoms with Crippen LogP contribution in [-0.2, 0) is 4.74 Å². The molecule has 0 radical (unpaired) electrons. The van der Waals surface area contributed by atoms with Crippen molar-refractivity contribution in [3.63, 3.8) is 0 Å². The van der Waals surface area contributed by atoms with Crippen LogP contribution in [0.3, 0.4) is 0 Å². The van der Waals surface area contributed by atoms with E-state index in [1.807, 2.05) is 18.2 Å². The molecule has 1 aliphatic heterocycles. The number of hydrogen-bond donors (Lipinski definition) is 0. The summed E-state index contributed by atoms with van der Waals surface area (Å²) in [5.74, 6) is 0.616. The average Bonchev–Trinajstić information content (AvgIpc) is 3.34. The summed E-state index contributed by atoms with van der Waals surface area (Å²) >= 11 is 7.56. The van der Waals surface area contributed by atoms with Crippen molar-refractivity contribution in [1.82, 2.24) is 4.98 Å². The Morgan fingerprint density at radius 1 is 1.33 bits per heavy atom. The molecule has 1 atom stereocenters. The van der Waals surface area contributed by atoms with Crippen LogP contribution in [-0.4, -0.2) is 37.3 Å². The normalized spacial score (nSPS) is 16.6. The van der Waals surface area contributed by atoms with Crippen LogP contribution in [0.1, 0.15) is 23.2 Å². The maximum absolute atomic E-state index is 13.2. The molecule has 1 amide bonds. The predicted molar refractivity (Wildman–Crippen MR) is 108 cm³/mol. The highest BCUT2D eigenvalue weighted by molar-refractivity contribution is 7.22. The fourth-order valence-electron chi connectivity index (χ4n) is 3.13. The first-order valence-electron chi connectivity index (χ1n) is 8.77. The molecule has 2 heterocycles. The lowest BCUT2D eigenvalue weighted by molar-refractivity contribution is 0.0917. The minimum Gasteiger partial charge on any atom is -0.497 e. The Bertz CT molecular complexity index is 952. The highest BCUT2D eigenvalue weighted by Gasteiger charge is 2.27. The van der Waals surface area contributed by atoms with Crippen molar-refractivity contribution in [2.45, 2.75) is 18.9 Å². The Balaban J connectivity index is 1.69. The van der Waals surface area contributed by atoms with E-state index >= 15 is 0 Å². The molecule has 0 N–H and O–H groups in total. The third-order valence-corrected chi connectivity index (χ3v) is 5.84. The van der Waals surface area contributed by atoms with Crippen molar-refractivity contribution >= 4 is 44.2 Å². The van der Waals surface area contributed by atoms with Gasteiger partial charge in [0.05, 0.1) is 30.0 Å². The molecule has 27 heavy (non-hydrogen) atoms. The third-order valence-electron chi connectivity index (χ3n) is 4.56. The number of thiazole rings is 1. The van der Waals surface area contributed by atoms with Gasteiger partial charge in [0.25, 0.3) is 5.91 Å². The highest BCUT2D eigenvalue weighted by Crippen LogP contribution is 2.32. The monoisotopic (exact) mass is 402 g/mol. The molecule has 0 spiro atoms. The van der Waals surface area contributed by atoms with Crippen molar-refractivity contribution in [2.75, 3.05) is 25.2 Å². The molecule has 2 aromatic carbocycles. The van der Waals surface area contributed by atoms with Gasteiger partial charge in [-0.05, 0) is 55.3 Å². The number of carbonyl (C=O) groups is 1. The van der Waals surface area contributed by atoms with Crippen LogP contribution >= 0.6 is 22.9 Å². The number of methoxy groups -OCH3 is 1. The first kappa shape index (κ1) is 18.2. The molecule has 0 saturated carbocycles. The number of fused-ring (bicyclic) bond motifs is 1. The van der Waals surface area contributed by atoms with Gasteiger partial charge < -0.3 is 9.47 Å². The summed E-state index contributed by atoms with van der Waals surface area (Å²) in [7, 11) is 1.60. The molecule has 1 unspecified atom stereocenters. The molecule has 4 rings (SSSR count). The lowest BCUT2D eigenvalue weighted by atomic mass is 10.1. The van der Waals surface area contributed by atoms with Gasteiger partial charge in [-0.25, -0.2) is 4.98 Å². The second-order valence-electron chi connectivity index (χ2n) is 6.39. The van der Waals surface area contributed by atoms with Crippen LogP contribution in [0.2, 0.25) is 5.02 Å². The van der Waals surface area contributed by atoms with Crippen molar-refractivity contribution in [3.8, 4) is 5.75 Å². The summed E-state index contributed by atoms with van der Waals surface area (Å²) in [4.78, 5) is 19.6. The minimum absolute atomic E-state index is 0.0304. The van der Waals surface area contributed by atoms with Crippen LogP contribution < -0.4 is 9.64 Å². The topological polar surface area (TPSA) is 51.7 Å². The first-order chi connectivity index (χ1) is 13.1. The number of ether oxygens (including phenoxy) is 2. The summed E-state index contributed by atoms with van der Waals surface area (Å²) in [6, 6.07) is 12.7. The van der Waals surface area contributed by atoms with E-state index in [4.69, 9.17) is 21.1 Å². The number of rotatable bonds is 5. The van der Waals surface area contributed by atoms with Gasteiger partial charge in [-0.2, -0.15) is 0 Å². The summed E-state index contributed by atoms with van der Waals surface area (Å²) in [5.41, 5.74) is 1.42. The smallest absolute Gasteiger partial charge is 0.260 e. The summed E-state index contributed by atoms with van der Waals surface area (Å²) in [6.45, 7) is 1.23. The molecule has 1 saturated heterocycles. The largest absolute Gasteiger partial charge is 0.497 e. The fraction of sp³-hybridized carbons (Fsp3) is 0.300. The van der Waals surface area contributed by atoms with Crippen LogP contribution in [0.5, 0.6) is 5.75 Å². The number of nitrogens with zero attached hydrogens (tertiary/aromatic N) is 2. The van der Waals surface area contributed by atoms with Crippen molar-refractivity contribution in [1.29, 1.82) is 0 Å². The Hall–Kier alpha value is -2.15. The van der Waals surface area contributed by atoms with E-state index in [1.54, 1.807) is 36.3 Å². The van der Waals surface area contributed by atoms with E-state index in [1.165, 1.54) is 11.3 Å². The Morgan fingerprint density at radius 3 is 2.85 bits per heavy atom. The molecular formula is C20H19ClN2O3S. The van der Waals surface area contributed by atoms with Crippen molar-refractivity contribution in [2.24, 2.45) is 0 Å². The average molecular weight is 403 g/mol.